The molecule has 106 valence electrons. The molecular formula is C10H11F2NO5S. The third kappa shape index (κ3) is 4.14. The second kappa shape index (κ2) is 5.93. The van der Waals surface area contributed by atoms with Crippen LogP contribution in [0.2, 0.25) is 0 Å². The van der Waals surface area contributed by atoms with Crippen LogP contribution < -0.4 is 9.88 Å². The monoisotopic (exact) mass is 295 g/mol. The minimum absolute atomic E-state index is 0.0260. The maximum Gasteiger partial charge on any atom is 0.387 e. The number of carbonyl (C=O) groups is 1. The number of hydrogen-bond donors (Lipinski definition) is 1. The molecule has 0 unspecified atom stereocenters. The Bertz CT molecular complexity index is 573. The standard InChI is InChI=1S/C10H11F2NO5S/c1-2-17-9(14)7-4-3-6(18-10(11)12)5-8(7)19(13,15)16/h3-5,10H,2H2,1H3,(H2,13,15,16). The van der Waals surface area contributed by atoms with E-state index in [1.54, 1.807) is 0 Å². The van der Waals surface area contributed by atoms with E-state index in [0.717, 1.165) is 18.2 Å². The summed E-state index contributed by atoms with van der Waals surface area (Å²) in [5.74, 6) is -1.35. The number of benzene rings is 1. The van der Waals surface area contributed by atoms with Crippen molar-refractivity contribution in [3.05, 3.63) is 23.8 Å². The van der Waals surface area contributed by atoms with Gasteiger partial charge in [-0.3, -0.25) is 0 Å². The van der Waals surface area contributed by atoms with Crippen molar-refractivity contribution in [1.29, 1.82) is 0 Å². The molecule has 0 saturated carbocycles. The third-order valence-electron chi connectivity index (χ3n) is 1.98. The Morgan fingerprint density at radius 1 is 1.42 bits per heavy atom. The van der Waals surface area contributed by atoms with E-state index in [2.05, 4.69) is 9.47 Å². The Labute approximate surface area is 108 Å². The first kappa shape index (κ1) is 15.3. The minimum Gasteiger partial charge on any atom is -0.462 e. The van der Waals surface area contributed by atoms with Gasteiger partial charge in [0.15, 0.2) is 0 Å². The van der Waals surface area contributed by atoms with Gasteiger partial charge in [-0.2, -0.15) is 8.78 Å². The Balaban J connectivity index is 3.29. The molecule has 0 saturated heterocycles. The number of esters is 1. The van der Waals surface area contributed by atoms with Crippen molar-refractivity contribution in [1.82, 2.24) is 0 Å². The molecule has 0 radical (unpaired) electrons. The molecule has 0 amide bonds. The second-order valence-electron chi connectivity index (χ2n) is 3.30. The summed E-state index contributed by atoms with van der Waals surface area (Å²) in [6.45, 7) is -1.57. The molecule has 0 aliphatic heterocycles. The molecule has 1 rings (SSSR count). The van der Waals surface area contributed by atoms with Gasteiger partial charge in [0.25, 0.3) is 0 Å². The Hall–Kier alpha value is -1.74. The summed E-state index contributed by atoms with van der Waals surface area (Å²) in [6, 6.07) is 2.76. The summed E-state index contributed by atoms with van der Waals surface area (Å²) in [4.78, 5) is 10.9. The van der Waals surface area contributed by atoms with E-state index in [1.807, 2.05) is 0 Å². The van der Waals surface area contributed by atoms with Gasteiger partial charge in [0.1, 0.15) is 5.75 Å². The lowest BCUT2D eigenvalue weighted by Crippen LogP contribution is -2.18. The van der Waals surface area contributed by atoms with Crippen LogP contribution >= 0.6 is 0 Å². The van der Waals surface area contributed by atoms with Crippen LogP contribution in [-0.2, 0) is 14.8 Å². The molecule has 1 aromatic carbocycles. The summed E-state index contributed by atoms with van der Waals surface area (Å²) in [5.41, 5.74) is -0.342. The summed E-state index contributed by atoms with van der Waals surface area (Å²) in [6.07, 6.45) is 0. The molecule has 9 heteroatoms. The van der Waals surface area contributed by atoms with Crippen LogP contribution in [0.25, 0.3) is 0 Å². The van der Waals surface area contributed by atoms with Gasteiger partial charge in [-0.15, -0.1) is 0 Å². The lowest BCUT2D eigenvalue weighted by Gasteiger charge is -2.10. The van der Waals surface area contributed by atoms with E-state index < -0.39 is 33.2 Å². The van der Waals surface area contributed by atoms with Gasteiger partial charge in [-0.25, -0.2) is 18.4 Å². The van der Waals surface area contributed by atoms with E-state index in [-0.39, 0.29) is 12.2 Å². The number of ether oxygens (including phenoxy) is 2. The molecule has 0 aliphatic carbocycles. The third-order valence-corrected chi connectivity index (χ3v) is 2.93. The highest BCUT2D eigenvalue weighted by molar-refractivity contribution is 7.89. The van der Waals surface area contributed by atoms with Gasteiger partial charge >= 0.3 is 12.6 Å². The molecule has 0 fully saturated rings. The Morgan fingerprint density at radius 2 is 2.05 bits per heavy atom. The molecule has 0 atom stereocenters. The summed E-state index contributed by atoms with van der Waals surface area (Å²) >= 11 is 0. The molecule has 0 aliphatic rings. The molecule has 2 N–H and O–H groups in total. The van der Waals surface area contributed by atoms with Gasteiger partial charge in [-0.05, 0) is 19.1 Å². The molecular weight excluding hydrogens is 284 g/mol. The fourth-order valence-electron chi connectivity index (χ4n) is 1.29. The van der Waals surface area contributed by atoms with Crippen LogP contribution in [0.5, 0.6) is 5.75 Å². The fraction of sp³-hybridized carbons (Fsp3) is 0.300. The largest absolute Gasteiger partial charge is 0.462 e. The predicted octanol–water partition coefficient (Wildman–Crippen LogP) is 1.11. The topological polar surface area (TPSA) is 95.7 Å². The SMILES string of the molecule is CCOC(=O)c1ccc(OC(F)F)cc1S(N)(=O)=O. The van der Waals surface area contributed by atoms with Crippen LogP contribution in [-0.4, -0.2) is 27.6 Å². The summed E-state index contributed by atoms with van der Waals surface area (Å²) in [7, 11) is -4.28. The van der Waals surface area contributed by atoms with Crippen molar-refractivity contribution >= 4 is 16.0 Å². The summed E-state index contributed by atoms with van der Waals surface area (Å²) in [5, 5.41) is 4.91. The molecule has 0 spiro atoms. The van der Waals surface area contributed by atoms with Crippen LogP contribution in [0.1, 0.15) is 17.3 Å². The van der Waals surface area contributed by atoms with E-state index in [0.29, 0.717) is 0 Å². The molecule has 1 aromatic rings. The van der Waals surface area contributed by atoms with Crippen molar-refractivity contribution in [3.8, 4) is 5.75 Å². The number of halogens is 2. The average molecular weight is 295 g/mol. The minimum atomic E-state index is -4.28. The van der Waals surface area contributed by atoms with Gasteiger partial charge < -0.3 is 9.47 Å². The molecule has 19 heavy (non-hydrogen) atoms. The first-order valence-electron chi connectivity index (χ1n) is 5.04. The zero-order valence-corrected chi connectivity index (χ0v) is 10.6. The van der Waals surface area contributed by atoms with Crippen molar-refractivity contribution in [3.63, 3.8) is 0 Å². The smallest absolute Gasteiger partial charge is 0.387 e. The number of primary sulfonamides is 1. The normalized spacial score (nSPS) is 11.4. The number of alkyl halides is 2. The average Bonchev–Trinajstić information content (AvgIpc) is 2.27. The van der Waals surface area contributed by atoms with Gasteiger partial charge in [0.05, 0.1) is 17.1 Å². The van der Waals surface area contributed by atoms with Crippen molar-refractivity contribution in [2.45, 2.75) is 18.4 Å². The molecule has 6 nitrogen and oxygen atoms in total. The fourth-order valence-corrected chi connectivity index (χ4v) is 2.03. The maximum atomic E-state index is 12.0. The van der Waals surface area contributed by atoms with Crippen LogP contribution in [0.15, 0.2) is 23.1 Å². The van der Waals surface area contributed by atoms with Gasteiger partial charge in [0, 0.05) is 6.07 Å². The van der Waals surface area contributed by atoms with E-state index in [9.17, 15) is 22.0 Å². The first-order chi connectivity index (χ1) is 8.75. The van der Waals surface area contributed by atoms with Crippen molar-refractivity contribution in [2.24, 2.45) is 5.14 Å². The van der Waals surface area contributed by atoms with Gasteiger partial charge in [-0.1, -0.05) is 0 Å². The highest BCUT2D eigenvalue weighted by Crippen LogP contribution is 2.23. The van der Waals surface area contributed by atoms with Gasteiger partial charge in [0.2, 0.25) is 10.0 Å². The number of rotatable bonds is 5. The number of hydrogen-bond acceptors (Lipinski definition) is 5. The maximum absolute atomic E-state index is 12.0. The van der Waals surface area contributed by atoms with Crippen molar-refractivity contribution < 1.29 is 31.5 Å². The highest BCUT2D eigenvalue weighted by atomic mass is 32.2. The number of carbonyl (C=O) groups excluding carboxylic acids is 1. The second-order valence-corrected chi connectivity index (χ2v) is 4.83. The van der Waals surface area contributed by atoms with E-state index in [4.69, 9.17) is 5.14 Å². The number of sulfonamides is 1. The quantitative estimate of drug-likeness (QED) is 0.821. The molecule has 0 heterocycles. The highest BCUT2D eigenvalue weighted by Gasteiger charge is 2.22. The van der Waals surface area contributed by atoms with Crippen molar-refractivity contribution in [2.75, 3.05) is 6.61 Å². The zero-order chi connectivity index (χ0) is 14.6. The first-order valence-corrected chi connectivity index (χ1v) is 6.59. The van der Waals surface area contributed by atoms with E-state index in [1.165, 1.54) is 6.92 Å². The lowest BCUT2D eigenvalue weighted by molar-refractivity contribution is -0.0500. The van der Waals surface area contributed by atoms with Crippen LogP contribution in [0.3, 0.4) is 0 Å². The summed E-state index contributed by atoms with van der Waals surface area (Å²) < 4.78 is 55.4. The molecule has 0 aromatic heterocycles. The van der Waals surface area contributed by atoms with Crippen LogP contribution in [0.4, 0.5) is 8.78 Å². The number of nitrogens with two attached hydrogens (primary N) is 1. The lowest BCUT2D eigenvalue weighted by atomic mass is 10.2. The predicted molar refractivity (Wildman–Crippen MR) is 60.4 cm³/mol. The molecule has 0 bridgehead atoms. The van der Waals surface area contributed by atoms with Crippen LogP contribution in [0, 0.1) is 0 Å². The zero-order valence-electron chi connectivity index (χ0n) is 9.80. The Kier molecular flexibility index (Phi) is 4.78. The van der Waals surface area contributed by atoms with E-state index >= 15 is 0 Å². The Morgan fingerprint density at radius 3 is 2.53 bits per heavy atom.